The van der Waals surface area contributed by atoms with Crippen molar-refractivity contribution < 1.29 is 0 Å². The molecule has 2 aromatic rings. The largest absolute Gasteiger partial charge is 0.369 e. The van der Waals surface area contributed by atoms with E-state index in [0.29, 0.717) is 30.4 Å². The van der Waals surface area contributed by atoms with E-state index in [-0.39, 0.29) is 5.96 Å². The minimum atomic E-state index is 0.221. The number of pyridine rings is 2. The van der Waals surface area contributed by atoms with Crippen molar-refractivity contribution in [1.29, 1.82) is 5.26 Å². The molecule has 2 saturated heterocycles. The number of rotatable bonds is 6. The summed E-state index contributed by atoms with van der Waals surface area (Å²) < 4.78 is 0. The number of nitrogens with zero attached hydrogens (tertiary/aromatic N) is 6. The van der Waals surface area contributed by atoms with Crippen molar-refractivity contribution in [2.75, 3.05) is 24.2 Å². The molecule has 2 aromatic heterocycles. The Morgan fingerprint density at radius 2 is 2.20 bits per heavy atom. The number of aromatic nitrogens is 2. The number of fused-ring (bicyclic) bond motifs is 3. The topological polar surface area (TPSA) is 128 Å². The molecule has 2 fully saturated rings. The number of aliphatic imine (C=N–C) groups is 2. The van der Waals surface area contributed by atoms with Crippen LogP contribution in [0.2, 0.25) is 0 Å². The summed E-state index contributed by atoms with van der Waals surface area (Å²) in [4.78, 5) is 19.6. The fourth-order valence-corrected chi connectivity index (χ4v) is 4.66. The van der Waals surface area contributed by atoms with Gasteiger partial charge in [0.2, 0.25) is 0 Å². The van der Waals surface area contributed by atoms with Crippen LogP contribution in [0.15, 0.2) is 34.4 Å². The predicted octanol–water partition coefficient (Wildman–Crippen LogP) is 2.34. The van der Waals surface area contributed by atoms with Crippen LogP contribution in [-0.4, -0.2) is 58.9 Å². The lowest BCUT2D eigenvalue weighted by molar-refractivity contribution is 0.136. The van der Waals surface area contributed by atoms with E-state index in [1.807, 2.05) is 18.2 Å². The quantitative estimate of drug-likeness (QED) is 0.497. The molecule has 0 radical (unpaired) electrons. The van der Waals surface area contributed by atoms with Crippen molar-refractivity contribution in [2.45, 2.75) is 50.2 Å². The summed E-state index contributed by atoms with van der Waals surface area (Å²) in [6.45, 7) is 0.878. The highest BCUT2D eigenvalue weighted by molar-refractivity contribution is 5.98. The standard InChI is InChI=1S/C21H27N9/c1-24-13-26-21(23)29-19-12-18-17(4-2-8-25-18)20(28-19)27-14-10-15-5-6-16(11-14)30(15)9-3-7-22/h2,4,8,12-16H,3,5-6,9-11H2,1H3,(H4,23,24,26,27,28,29)/t14?,15-,16+. The second-order valence-electron chi connectivity index (χ2n) is 7.78. The molecule has 0 aromatic carbocycles. The first-order chi connectivity index (χ1) is 14.7. The van der Waals surface area contributed by atoms with Crippen molar-refractivity contribution in [3.05, 3.63) is 24.4 Å². The van der Waals surface area contributed by atoms with Crippen LogP contribution >= 0.6 is 0 Å². The van der Waals surface area contributed by atoms with E-state index >= 15 is 0 Å². The molecule has 2 bridgehead atoms. The fraction of sp³-hybridized carbons (Fsp3) is 0.476. The van der Waals surface area contributed by atoms with Gasteiger partial charge in [-0.2, -0.15) is 5.26 Å². The maximum atomic E-state index is 8.94. The first-order valence-electron chi connectivity index (χ1n) is 10.3. The SMILES string of the molecule is CN=CN=C(N)Nc1cc2ncccc2c(NC2C[C@H]3CC[C@@H](C2)N3CCC#N)n1. The Bertz CT molecular complexity index is 980. The van der Waals surface area contributed by atoms with Crippen LogP contribution in [0.1, 0.15) is 32.1 Å². The number of piperidine rings is 1. The summed E-state index contributed by atoms with van der Waals surface area (Å²) in [7, 11) is 1.63. The Hall–Kier alpha value is -3.25. The zero-order chi connectivity index (χ0) is 20.9. The normalized spacial score (nSPS) is 24.3. The summed E-state index contributed by atoms with van der Waals surface area (Å²) in [5.41, 5.74) is 6.75. The van der Waals surface area contributed by atoms with Crippen LogP contribution in [0.3, 0.4) is 0 Å². The number of nitriles is 1. The molecule has 4 heterocycles. The van der Waals surface area contributed by atoms with Gasteiger partial charge in [0.15, 0.2) is 5.96 Å². The Kier molecular flexibility index (Phi) is 6.05. The Morgan fingerprint density at radius 1 is 1.40 bits per heavy atom. The van der Waals surface area contributed by atoms with Gasteiger partial charge in [-0.05, 0) is 37.8 Å². The smallest absolute Gasteiger partial charge is 0.200 e. The molecule has 156 valence electrons. The van der Waals surface area contributed by atoms with Gasteiger partial charge in [0.1, 0.15) is 18.0 Å². The van der Waals surface area contributed by atoms with E-state index in [0.717, 1.165) is 36.1 Å². The van der Waals surface area contributed by atoms with Gasteiger partial charge in [0, 0.05) is 55.8 Å². The lowest BCUT2D eigenvalue weighted by Gasteiger charge is -2.39. The van der Waals surface area contributed by atoms with Crippen LogP contribution in [0.5, 0.6) is 0 Å². The molecular formula is C21H27N9. The highest BCUT2D eigenvalue weighted by Gasteiger charge is 2.40. The highest BCUT2D eigenvalue weighted by Crippen LogP contribution is 2.37. The lowest BCUT2D eigenvalue weighted by atomic mass is 9.97. The summed E-state index contributed by atoms with van der Waals surface area (Å²) in [5, 5.41) is 16.6. The fourth-order valence-electron chi connectivity index (χ4n) is 4.66. The van der Waals surface area contributed by atoms with E-state index < -0.39 is 0 Å². The second-order valence-corrected chi connectivity index (χ2v) is 7.78. The van der Waals surface area contributed by atoms with Crippen LogP contribution in [0, 0.1) is 11.3 Å². The van der Waals surface area contributed by atoms with Gasteiger partial charge in [0.25, 0.3) is 0 Å². The van der Waals surface area contributed by atoms with E-state index in [1.54, 1.807) is 13.2 Å². The van der Waals surface area contributed by atoms with Crippen LogP contribution in [0.25, 0.3) is 10.9 Å². The number of hydrogen-bond donors (Lipinski definition) is 3. The molecule has 0 amide bonds. The first kappa shape index (κ1) is 20.0. The average molecular weight is 406 g/mol. The van der Waals surface area contributed by atoms with E-state index in [2.05, 4.69) is 36.6 Å². The summed E-state index contributed by atoms with van der Waals surface area (Å²) in [5.74, 6) is 1.61. The minimum absolute atomic E-state index is 0.221. The van der Waals surface area contributed by atoms with Gasteiger partial charge >= 0.3 is 0 Å². The highest BCUT2D eigenvalue weighted by atomic mass is 15.2. The van der Waals surface area contributed by atoms with Crippen LogP contribution in [0.4, 0.5) is 11.6 Å². The predicted molar refractivity (Wildman–Crippen MR) is 120 cm³/mol. The van der Waals surface area contributed by atoms with Crippen LogP contribution < -0.4 is 16.4 Å². The lowest BCUT2D eigenvalue weighted by Crippen LogP contribution is -2.47. The van der Waals surface area contributed by atoms with Gasteiger partial charge in [0.05, 0.1) is 11.6 Å². The van der Waals surface area contributed by atoms with Gasteiger partial charge in [-0.15, -0.1) is 0 Å². The Labute approximate surface area is 176 Å². The van der Waals surface area contributed by atoms with Gasteiger partial charge in [-0.1, -0.05) is 0 Å². The third-order valence-corrected chi connectivity index (χ3v) is 5.87. The summed E-state index contributed by atoms with van der Waals surface area (Å²) >= 11 is 0. The monoisotopic (exact) mass is 405 g/mol. The molecule has 2 aliphatic heterocycles. The molecule has 9 nitrogen and oxygen atoms in total. The molecule has 2 aliphatic rings. The van der Waals surface area contributed by atoms with Gasteiger partial charge in [-0.25, -0.2) is 9.98 Å². The molecular weight excluding hydrogens is 378 g/mol. The Morgan fingerprint density at radius 3 is 2.93 bits per heavy atom. The molecule has 30 heavy (non-hydrogen) atoms. The Balaban J connectivity index is 1.55. The van der Waals surface area contributed by atoms with Crippen molar-refractivity contribution >= 4 is 34.8 Å². The number of guanidine groups is 1. The van der Waals surface area contributed by atoms with Gasteiger partial charge < -0.3 is 16.4 Å². The molecule has 4 N–H and O–H groups in total. The van der Waals surface area contributed by atoms with Crippen molar-refractivity contribution in [2.24, 2.45) is 15.7 Å². The minimum Gasteiger partial charge on any atom is -0.369 e. The van der Waals surface area contributed by atoms with E-state index in [1.165, 1.54) is 19.2 Å². The number of nitrogens with two attached hydrogens (primary N) is 1. The summed E-state index contributed by atoms with van der Waals surface area (Å²) in [6.07, 6.45) is 8.28. The van der Waals surface area contributed by atoms with E-state index in [4.69, 9.17) is 16.0 Å². The molecule has 4 rings (SSSR count). The number of nitrogens with one attached hydrogen (secondary N) is 2. The van der Waals surface area contributed by atoms with Crippen molar-refractivity contribution in [3.8, 4) is 6.07 Å². The second kappa shape index (κ2) is 9.05. The molecule has 0 aliphatic carbocycles. The first-order valence-corrected chi connectivity index (χ1v) is 10.3. The third kappa shape index (κ3) is 4.33. The maximum absolute atomic E-state index is 8.94. The van der Waals surface area contributed by atoms with Crippen LogP contribution in [-0.2, 0) is 0 Å². The molecule has 1 unspecified atom stereocenters. The van der Waals surface area contributed by atoms with Crippen molar-refractivity contribution in [3.63, 3.8) is 0 Å². The van der Waals surface area contributed by atoms with Gasteiger partial charge in [-0.3, -0.25) is 14.9 Å². The molecule has 0 saturated carbocycles. The third-order valence-electron chi connectivity index (χ3n) is 5.87. The molecule has 3 atom stereocenters. The molecule has 0 spiro atoms. The summed E-state index contributed by atoms with van der Waals surface area (Å²) in [6, 6.07) is 9.50. The maximum Gasteiger partial charge on any atom is 0.200 e. The molecule has 9 heteroatoms. The average Bonchev–Trinajstić information content (AvgIpc) is 2.98. The zero-order valence-electron chi connectivity index (χ0n) is 17.1. The number of hydrogen-bond acceptors (Lipinski definition) is 6. The zero-order valence-corrected chi connectivity index (χ0v) is 17.1. The van der Waals surface area contributed by atoms with E-state index in [9.17, 15) is 0 Å². The number of anilines is 2. The van der Waals surface area contributed by atoms with Crippen molar-refractivity contribution in [1.82, 2.24) is 14.9 Å².